The quantitative estimate of drug-likeness (QED) is 0.551. The molecular weight excluding hydrogens is 336 g/mol. The minimum atomic E-state index is -1.68. The standard InChI is InChI=1S/C16H26O7S/c1-6-12(21-10(4)17)14(22-11(5)18)13-9(3)8(2)7-16(24,23-13)15(19)20/h8-9,12-14,24H,6-7H2,1-5H3,(H,19,20)/t8-,9-,12-,13?,14-,16+/m1/s1. The highest BCUT2D eigenvalue weighted by atomic mass is 32.1. The van der Waals surface area contributed by atoms with Gasteiger partial charge >= 0.3 is 17.9 Å². The third-order valence-corrected chi connectivity index (χ3v) is 4.87. The van der Waals surface area contributed by atoms with Gasteiger partial charge in [-0.2, -0.15) is 0 Å². The minimum Gasteiger partial charge on any atom is -0.478 e. The molecule has 1 rings (SSSR count). The Morgan fingerprint density at radius 1 is 1.25 bits per heavy atom. The van der Waals surface area contributed by atoms with Crippen molar-refractivity contribution in [2.45, 2.75) is 70.7 Å². The maximum atomic E-state index is 11.5. The molecule has 1 unspecified atom stereocenters. The fourth-order valence-corrected chi connectivity index (χ4v) is 3.38. The van der Waals surface area contributed by atoms with Gasteiger partial charge in [0.1, 0.15) is 12.2 Å². The Hall–Kier alpha value is -1.28. The molecule has 0 aromatic rings. The molecular formula is C16H26O7S. The van der Waals surface area contributed by atoms with Crippen LogP contribution in [-0.4, -0.2) is 46.3 Å². The van der Waals surface area contributed by atoms with E-state index in [0.717, 1.165) is 0 Å². The minimum absolute atomic E-state index is 0.0368. The normalized spacial score (nSPS) is 32.5. The average Bonchev–Trinajstić information content (AvgIpc) is 2.46. The van der Waals surface area contributed by atoms with Crippen LogP contribution in [0.1, 0.15) is 47.5 Å². The molecule has 0 aliphatic carbocycles. The van der Waals surface area contributed by atoms with E-state index in [-0.39, 0.29) is 18.3 Å². The molecule has 0 aromatic carbocycles. The fraction of sp³-hybridized carbons (Fsp3) is 0.812. The van der Waals surface area contributed by atoms with Crippen LogP contribution in [0.5, 0.6) is 0 Å². The van der Waals surface area contributed by atoms with Crippen LogP contribution < -0.4 is 0 Å². The predicted octanol–water partition coefficient (Wildman–Crippen LogP) is 2.03. The molecule has 1 fully saturated rings. The number of ether oxygens (including phenoxy) is 3. The summed E-state index contributed by atoms with van der Waals surface area (Å²) in [5.41, 5.74) is 0. The molecule has 1 N–H and O–H groups in total. The van der Waals surface area contributed by atoms with E-state index in [1.54, 1.807) is 6.92 Å². The van der Waals surface area contributed by atoms with Gasteiger partial charge < -0.3 is 19.3 Å². The second-order valence-electron chi connectivity index (χ2n) is 6.34. The van der Waals surface area contributed by atoms with Gasteiger partial charge in [-0.1, -0.05) is 20.8 Å². The van der Waals surface area contributed by atoms with E-state index in [1.165, 1.54) is 13.8 Å². The van der Waals surface area contributed by atoms with Crippen molar-refractivity contribution < 1.29 is 33.7 Å². The lowest BCUT2D eigenvalue weighted by molar-refractivity contribution is -0.214. The maximum Gasteiger partial charge on any atom is 0.346 e. The summed E-state index contributed by atoms with van der Waals surface area (Å²) in [5, 5.41) is 9.43. The Balaban J connectivity index is 3.19. The van der Waals surface area contributed by atoms with Crippen LogP contribution in [0.15, 0.2) is 0 Å². The Bertz CT molecular complexity index is 495. The molecule has 0 spiro atoms. The summed E-state index contributed by atoms with van der Waals surface area (Å²) in [7, 11) is 0. The van der Waals surface area contributed by atoms with Gasteiger partial charge in [0.2, 0.25) is 4.93 Å². The van der Waals surface area contributed by atoms with Crippen LogP contribution in [-0.2, 0) is 28.6 Å². The summed E-state index contributed by atoms with van der Waals surface area (Å²) in [6.07, 6.45) is -1.77. The van der Waals surface area contributed by atoms with Crippen molar-refractivity contribution >= 4 is 30.5 Å². The smallest absolute Gasteiger partial charge is 0.346 e. The molecule has 1 aliphatic rings. The van der Waals surface area contributed by atoms with Crippen molar-refractivity contribution in [1.29, 1.82) is 0 Å². The first-order valence-corrected chi connectivity index (χ1v) is 8.44. The largest absolute Gasteiger partial charge is 0.478 e. The van der Waals surface area contributed by atoms with Gasteiger partial charge in [0.15, 0.2) is 6.10 Å². The van der Waals surface area contributed by atoms with E-state index in [0.29, 0.717) is 6.42 Å². The first-order chi connectivity index (χ1) is 11.0. The number of thiol groups is 1. The Kier molecular flexibility index (Phi) is 7.10. The SMILES string of the molecule is CC[C@@H](OC(C)=O)[C@@H](OC(C)=O)C1O[C@@](S)(C(=O)O)C[C@@H](C)[C@H]1C. The van der Waals surface area contributed by atoms with Gasteiger partial charge in [-0.05, 0) is 24.7 Å². The van der Waals surface area contributed by atoms with Crippen molar-refractivity contribution in [3.05, 3.63) is 0 Å². The maximum absolute atomic E-state index is 11.5. The number of carboxylic acid groups (broad SMARTS) is 1. The number of hydrogen-bond acceptors (Lipinski definition) is 7. The molecule has 1 saturated heterocycles. The zero-order chi connectivity index (χ0) is 18.7. The number of hydrogen-bond donors (Lipinski definition) is 2. The number of rotatable bonds is 6. The Morgan fingerprint density at radius 3 is 2.21 bits per heavy atom. The highest BCUT2D eigenvalue weighted by Gasteiger charge is 2.51. The molecule has 6 atom stereocenters. The van der Waals surface area contributed by atoms with E-state index in [9.17, 15) is 19.5 Å². The predicted molar refractivity (Wildman–Crippen MR) is 88.6 cm³/mol. The van der Waals surface area contributed by atoms with Crippen LogP contribution in [0.2, 0.25) is 0 Å². The summed E-state index contributed by atoms with van der Waals surface area (Å²) < 4.78 is 16.4. The van der Waals surface area contributed by atoms with E-state index >= 15 is 0 Å². The van der Waals surface area contributed by atoms with Crippen molar-refractivity contribution in [2.24, 2.45) is 11.8 Å². The lowest BCUT2D eigenvalue weighted by atomic mass is 9.80. The molecule has 8 heteroatoms. The molecule has 1 heterocycles. The molecule has 0 radical (unpaired) electrons. The summed E-state index contributed by atoms with van der Waals surface area (Å²) in [5.74, 6) is -2.41. The summed E-state index contributed by atoms with van der Waals surface area (Å²) in [6.45, 7) is 8.08. The van der Waals surface area contributed by atoms with Crippen molar-refractivity contribution in [3.8, 4) is 0 Å². The Labute approximate surface area is 147 Å². The van der Waals surface area contributed by atoms with Crippen LogP contribution in [0.4, 0.5) is 0 Å². The Morgan fingerprint density at radius 2 is 1.79 bits per heavy atom. The van der Waals surface area contributed by atoms with Crippen LogP contribution in [0.25, 0.3) is 0 Å². The topological polar surface area (TPSA) is 99.1 Å². The first-order valence-electron chi connectivity index (χ1n) is 7.99. The molecule has 138 valence electrons. The van der Waals surface area contributed by atoms with Crippen LogP contribution in [0, 0.1) is 11.8 Å². The van der Waals surface area contributed by atoms with Crippen molar-refractivity contribution in [1.82, 2.24) is 0 Å². The van der Waals surface area contributed by atoms with Gasteiger partial charge in [-0.25, -0.2) is 4.79 Å². The molecule has 0 aromatic heterocycles. The number of carbonyl (C=O) groups excluding carboxylic acids is 2. The van der Waals surface area contributed by atoms with E-state index in [4.69, 9.17) is 14.2 Å². The van der Waals surface area contributed by atoms with Gasteiger partial charge in [-0.3, -0.25) is 9.59 Å². The molecule has 0 saturated carbocycles. The average molecular weight is 362 g/mol. The van der Waals surface area contributed by atoms with Gasteiger partial charge in [0, 0.05) is 13.8 Å². The third-order valence-electron chi connectivity index (χ3n) is 4.39. The zero-order valence-electron chi connectivity index (χ0n) is 14.6. The molecule has 0 amide bonds. The number of aliphatic carboxylic acids is 1. The van der Waals surface area contributed by atoms with E-state index in [2.05, 4.69) is 12.6 Å². The molecule has 1 aliphatic heterocycles. The molecule has 7 nitrogen and oxygen atoms in total. The van der Waals surface area contributed by atoms with Crippen molar-refractivity contribution in [3.63, 3.8) is 0 Å². The van der Waals surface area contributed by atoms with E-state index < -0.39 is 41.2 Å². The zero-order valence-corrected chi connectivity index (χ0v) is 15.5. The van der Waals surface area contributed by atoms with E-state index in [1.807, 2.05) is 13.8 Å². The van der Waals surface area contributed by atoms with Gasteiger partial charge in [-0.15, -0.1) is 12.6 Å². The van der Waals surface area contributed by atoms with Gasteiger partial charge in [0.25, 0.3) is 0 Å². The van der Waals surface area contributed by atoms with Crippen LogP contribution in [0.3, 0.4) is 0 Å². The lowest BCUT2D eigenvalue weighted by Crippen LogP contribution is -2.57. The number of esters is 2. The monoisotopic (exact) mass is 362 g/mol. The second-order valence-corrected chi connectivity index (χ2v) is 7.07. The van der Waals surface area contributed by atoms with Gasteiger partial charge in [0.05, 0.1) is 0 Å². The summed E-state index contributed by atoms with van der Waals surface area (Å²) in [4.78, 5) is 32.8. The van der Waals surface area contributed by atoms with Crippen molar-refractivity contribution in [2.75, 3.05) is 0 Å². The highest BCUT2D eigenvalue weighted by molar-refractivity contribution is 7.82. The fourth-order valence-electron chi connectivity index (χ4n) is 2.97. The first kappa shape index (κ1) is 20.8. The number of carbonyl (C=O) groups is 3. The van der Waals surface area contributed by atoms with Crippen LogP contribution >= 0.6 is 12.6 Å². The summed E-state index contributed by atoms with van der Waals surface area (Å²) >= 11 is 4.19. The summed E-state index contributed by atoms with van der Waals surface area (Å²) in [6, 6.07) is 0. The second kappa shape index (κ2) is 8.20. The molecule has 24 heavy (non-hydrogen) atoms. The third kappa shape index (κ3) is 4.86. The lowest BCUT2D eigenvalue weighted by Gasteiger charge is -2.46. The number of carboxylic acids is 1. The molecule has 0 bridgehead atoms. The highest BCUT2D eigenvalue weighted by Crippen LogP contribution is 2.41.